The van der Waals surface area contributed by atoms with Gasteiger partial charge in [-0.3, -0.25) is 0 Å². The van der Waals surface area contributed by atoms with E-state index in [1.165, 1.54) is 25.7 Å². The van der Waals surface area contributed by atoms with Crippen LogP contribution in [-0.2, 0) is 4.74 Å². The molecule has 0 aromatic carbocycles. The molecular weight excluding hydrogens is 176 g/mol. The van der Waals surface area contributed by atoms with E-state index in [2.05, 4.69) is 6.08 Å². The van der Waals surface area contributed by atoms with Crippen LogP contribution in [0.1, 0.15) is 38.5 Å². The summed E-state index contributed by atoms with van der Waals surface area (Å²) < 4.78 is 5.56. The third kappa shape index (κ3) is 0.887. The number of allylic oxidation sites excluding steroid dienone is 1. The van der Waals surface area contributed by atoms with Gasteiger partial charge in [-0.15, -0.1) is 0 Å². The van der Waals surface area contributed by atoms with Crippen molar-refractivity contribution in [2.75, 3.05) is 7.11 Å². The average molecular weight is 194 g/mol. The van der Waals surface area contributed by atoms with Gasteiger partial charge in [-0.05, 0) is 43.9 Å². The summed E-state index contributed by atoms with van der Waals surface area (Å²) in [5.41, 5.74) is 1.62. The summed E-state index contributed by atoms with van der Waals surface area (Å²) in [6.45, 7) is 0. The van der Waals surface area contributed by atoms with Gasteiger partial charge in [0.25, 0.3) is 0 Å². The summed E-state index contributed by atoms with van der Waals surface area (Å²) in [6, 6.07) is 0. The summed E-state index contributed by atoms with van der Waals surface area (Å²) in [5, 5.41) is 10.1. The summed E-state index contributed by atoms with van der Waals surface area (Å²) >= 11 is 0. The zero-order chi connectivity index (χ0) is 9.81. The monoisotopic (exact) mass is 194 g/mol. The molecule has 14 heavy (non-hydrogen) atoms. The van der Waals surface area contributed by atoms with E-state index < -0.39 is 0 Å². The minimum Gasteiger partial charge on any atom is -0.390 e. The number of aliphatic hydroxyl groups is 1. The summed E-state index contributed by atoms with van der Waals surface area (Å²) in [5.74, 6) is 0. The molecule has 1 spiro atoms. The zero-order valence-electron chi connectivity index (χ0n) is 8.75. The molecule has 2 fully saturated rings. The fraction of sp³-hybridized carbons (Fsp3) is 0.833. The second kappa shape index (κ2) is 2.61. The van der Waals surface area contributed by atoms with Crippen LogP contribution in [0.4, 0.5) is 0 Å². The van der Waals surface area contributed by atoms with Gasteiger partial charge < -0.3 is 9.84 Å². The van der Waals surface area contributed by atoms with Crippen LogP contribution in [-0.4, -0.2) is 23.9 Å². The molecule has 2 saturated carbocycles. The smallest absolute Gasteiger partial charge is 0.112 e. The van der Waals surface area contributed by atoms with Crippen LogP contribution in [0.25, 0.3) is 0 Å². The zero-order valence-corrected chi connectivity index (χ0v) is 8.75. The fourth-order valence-electron chi connectivity index (χ4n) is 3.79. The lowest BCUT2D eigenvalue weighted by molar-refractivity contribution is -0.127. The van der Waals surface area contributed by atoms with Crippen molar-refractivity contribution in [2.24, 2.45) is 5.41 Å². The SMILES string of the molecule is COC12C=C3CCCC3(CC1)CC2O. The van der Waals surface area contributed by atoms with E-state index in [4.69, 9.17) is 4.74 Å². The number of rotatable bonds is 1. The Balaban J connectivity index is 2.08. The van der Waals surface area contributed by atoms with Gasteiger partial charge in [0.1, 0.15) is 5.60 Å². The first-order valence-corrected chi connectivity index (χ1v) is 5.66. The lowest BCUT2D eigenvalue weighted by Gasteiger charge is -2.52. The third-order valence-corrected chi connectivity index (χ3v) is 4.72. The minimum absolute atomic E-state index is 0.275. The highest BCUT2D eigenvalue weighted by atomic mass is 16.5. The lowest BCUT2D eigenvalue weighted by atomic mass is 9.59. The van der Waals surface area contributed by atoms with E-state index in [-0.39, 0.29) is 11.7 Å². The Morgan fingerprint density at radius 1 is 1.43 bits per heavy atom. The molecule has 4 rings (SSSR count). The molecular formula is C12H18O2. The molecule has 0 saturated heterocycles. The van der Waals surface area contributed by atoms with Gasteiger partial charge in [-0.1, -0.05) is 11.6 Å². The van der Waals surface area contributed by atoms with Crippen molar-refractivity contribution >= 4 is 0 Å². The van der Waals surface area contributed by atoms with Crippen LogP contribution < -0.4 is 0 Å². The van der Waals surface area contributed by atoms with Crippen LogP contribution in [0.5, 0.6) is 0 Å². The maximum atomic E-state index is 10.1. The molecule has 2 heteroatoms. The van der Waals surface area contributed by atoms with Crippen LogP contribution in [0.3, 0.4) is 0 Å². The first-order valence-electron chi connectivity index (χ1n) is 5.66. The van der Waals surface area contributed by atoms with Gasteiger partial charge in [0, 0.05) is 7.11 Å². The molecule has 0 heterocycles. The molecule has 0 aliphatic heterocycles. The number of hydrogen-bond donors (Lipinski definition) is 1. The highest BCUT2D eigenvalue weighted by Gasteiger charge is 2.55. The van der Waals surface area contributed by atoms with Crippen molar-refractivity contribution in [1.82, 2.24) is 0 Å². The normalized spacial score (nSPS) is 50.4. The molecule has 3 atom stereocenters. The van der Waals surface area contributed by atoms with Gasteiger partial charge in [0.05, 0.1) is 6.10 Å². The highest BCUT2D eigenvalue weighted by molar-refractivity contribution is 5.33. The molecule has 3 unspecified atom stereocenters. The van der Waals surface area contributed by atoms with Crippen LogP contribution in [0.15, 0.2) is 11.6 Å². The van der Waals surface area contributed by atoms with E-state index in [9.17, 15) is 5.11 Å². The van der Waals surface area contributed by atoms with Crippen molar-refractivity contribution < 1.29 is 9.84 Å². The largest absolute Gasteiger partial charge is 0.390 e. The van der Waals surface area contributed by atoms with E-state index >= 15 is 0 Å². The third-order valence-electron chi connectivity index (χ3n) is 4.72. The number of hydrogen-bond acceptors (Lipinski definition) is 2. The first-order chi connectivity index (χ1) is 6.71. The molecule has 0 aromatic heterocycles. The van der Waals surface area contributed by atoms with E-state index in [1.54, 1.807) is 12.7 Å². The first kappa shape index (κ1) is 8.93. The van der Waals surface area contributed by atoms with Gasteiger partial charge in [0.2, 0.25) is 0 Å². The predicted molar refractivity (Wildman–Crippen MR) is 54.0 cm³/mol. The molecule has 1 N–H and O–H groups in total. The maximum Gasteiger partial charge on any atom is 0.112 e. The Morgan fingerprint density at radius 2 is 2.29 bits per heavy atom. The van der Waals surface area contributed by atoms with Gasteiger partial charge in [-0.2, -0.15) is 0 Å². The number of ether oxygens (including phenoxy) is 1. The van der Waals surface area contributed by atoms with Gasteiger partial charge in [-0.25, -0.2) is 0 Å². The maximum absolute atomic E-state index is 10.1. The Labute approximate surface area is 85.0 Å². The minimum atomic E-state index is -0.332. The Kier molecular flexibility index (Phi) is 1.67. The average Bonchev–Trinajstić information content (AvgIpc) is 2.59. The molecule has 2 nitrogen and oxygen atoms in total. The second-order valence-electron chi connectivity index (χ2n) is 5.18. The number of aliphatic hydroxyl groups excluding tert-OH is 1. The van der Waals surface area contributed by atoms with Gasteiger partial charge >= 0.3 is 0 Å². The fourth-order valence-corrected chi connectivity index (χ4v) is 3.79. The predicted octanol–water partition coefficient (Wildman–Crippen LogP) is 2.03. The quantitative estimate of drug-likeness (QED) is 0.647. The van der Waals surface area contributed by atoms with Gasteiger partial charge in [0.15, 0.2) is 0 Å². The van der Waals surface area contributed by atoms with E-state index in [0.29, 0.717) is 5.41 Å². The summed E-state index contributed by atoms with van der Waals surface area (Å²) in [6.07, 6.45) is 8.97. The molecule has 0 radical (unpaired) electrons. The molecule has 4 aliphatic carbocycles. The molecule has 0 aromatic rings. The Bertz CT molecular complexity index is 297. The topological polar surface area (TPSA) is 29.5 Å². The van der Waals surface area contributed by atoms with Crippen molar-refractivity contribution in [3.05, 3.63) is 11.6 Å². The highest BCUT2D eigenvalue weighted by Crippen LogP contribution is 2.60. The Morgan fingerprint density at radius 3 is 3.00 bits per heavy atom. The van der Waals surface area contributed by atoms with Crippen molar-refractivity contribution in [3.63, 3.8) is 0 Å². The molecule has 78 valence electrons. The van der Waals surface area contributed by atoms with Crippen molar-refractivity contribution in [2.45, 2.75) is 50.2 Å². The molecule has 4 aliphatic rings. The standard InChI is InChI=1S/C12H18O2/c1-14-12-6-5-11(8-10(12)13)4-2-3-9(11)7-12/h7,10,13H,2-6,8H2,1H3. The van der Waals surface area contributed by atoms with Crippen LogP contribution in [0, 0.1) is 5.41 Å². The summed E-state index contributed by atoms with van der Waals surface area (Å²) in [4.78, 5) is 0. The summed E-state index contributed by atoms with van der Waals surface area (Å²) in [7, 11) is 1.73. The van der Waals surface area contributed by atoms with E-state index in [0.717, 1.165) is 12.8 Å². The Hall–Kier alpha value is -0.340. The molecule has 0 amide bonds. The van der Waals surface area contributed by atoms with E-state index in [1.807, 2.05) is 0 Å². The van der Waals surface area contributed by atoms with Crippen LogP contribution in [0.2, 0.25) is 0 Å². The second-order valence-corrected chi connectivity index (χ2v) is 5.18. The lowest BCUT2D eigenvalue weighted by Crippen LogP contribution is -2.54. The number of methoxy groups -OCH3 is 1. The molecule has 2 bridgehead atoms. The van der Waals surface area contributed by atoms with Crippen LogP contribution >= 0.6 is 0 Å². The number of fused-ring (bicyclic) bond motifs is 2. The van der Waals surface area contributed by atoms with Crippen molar-refractivity contribution in [1.29, 1.82) is 0 Å². The van der Waals surface area contributed by atoms with Crippen molar-refractivity contribution in [3.8, 4) is 0 Å².